The van der Waals surface area contributed by atoms with Crippen LogP contribution in [0.5, 0.6) is 0 Å². The molecule has 0 spiro atoms. The van der Waals surface area contributed by atoms with Gasteiger partial charge in [-0.15, -0.1) is 0 Å². The van der Waals surface area contributed by atoms with Gasteiger partial charge in [0, 0.05) is 60.6 Å². The van der Waals surface area contributed by atoms with Crippen molar-refractivity contribution < 1.29 is 4.39 Å². The van der Waals surface area contributed by atoms with Crippen molar-refractivity contribution in [1.29, 1.82) is 0 Å². The molecule has 0 aromatic carbocycles. The molecule has 2 aromatic heterocycles. The summed E-state index contributed by atoms with van der Waals surface area (Å²) in [4.78, 5) is 8.07. The van der Waals surface area contributed by atoms with Gasteiger partial charge < -0.3 is 5.73 Å². The number of nitrogens with zero attached hydrogens (tertiary/aromatic N) is 2. The summed E-state index contributed by atoms with van der Waals surface area (Å²) in [5, 5.41) is 0. The summed E-state index contributed by atoms with van der Waals surface area (Å²) in [6.45, 7) is 0. The number of nitrogens with two attached hydrogens (primary N) is 1. The fourth-order valence-electron chi connectivity index (χ4n) is 2.26. The first-order valence-electron chi connectivity index (χ1n) is 7.62. The van der Waals surface area contributed by atoms with E-state index in [1.54, 1.807) is 24.8 Å². The quantitative estimate of drug-likeness (QED) is 0.388. The van der Waals surface area contributed by atoms with E-state index in [0.29, 0.717) is 16.8 Å². The van der Waals surface area contributed by atoms with Crippen LogP contribution in [0, 0.1) is 30.8 Å². The largest absolute Gasteiger partial charge is 0.397 e. The monoisotopic (exact) mass is 567 g/mol. The van der Waals surface area contributed by atoms with E-state index in [0.717, 1.165) is 18.3 Å². The number of aromatic nitrogens is 2. The van der Waals surface area contributed by atoms with Gasteiger partial charge in [0.05, 0.1) is 5.70 Å². The molecule has 0 radical (unpaired) electrons. The lowest BCUT2D eigenvalue weighted by Crippen LogP contribution is -2.14. The second-order valence-corrected chi connectivity index (χ2v) is 7.73. The lowest BCUT2D eigenvalue weighted by molar-refractivity contribution is 0.395. The summed E-state index contributed by atoms with van der Waals surface area (Å²) in [6.07, 6.45) is 7.28. The van der Waals surface area contributed by atoms with Gasteiger partial charge in [0.2, 0.25) is 0 Å². The lowest BCUT2D eigenvalue weighted by atomic mass is 9.95. The van der Waals surface area contributed by atoms with E-state index in [2.05, 4.69) is 78.8 Å². The van der Waals surface area contributed by atoms with Crippen molar-refractivity contribution in [3.63, 3.8) is 0 Å². The smallest absolute Gasteiger partial charge is 0.125 e. The molecule has 0 saturated heterocycles. The Morgan fingerprint density at radius 2 is 1.54 bits per heavy atom. The van der Waals surface area contributed by atoms with Gasteiger partial charge in [-0.1, -0.05) is 23.7 Å². The van der Waals surface area contributed by atoms with E-state index >= 15 is 0 Å². The molecule has 0 saturated carbocycles. The zero-order valence-electron chi connectivity index (χ0n) is 13.4. The first-order chi connectivity index (χ1) is 12.5. The Bertz CT molecular complexity index is 1040. The molecule has 2 aromatic rings. The number of allylic oxidation sites excluding steroid dienone is 3. The SMILES string of the molecule is NC1=C(C#Cc2ccncc2I)CC(F)C=C1C#Cc1ccncc1I. The summed E-state index contributed by atoms with van der Waals surface area (Å²) in [6, 6.07) is 3.64. The molecule has 1 aliphatic rings. The van der Waals surface area contributed by atoms with Gasteiger partial charge in [0.25, 0.3) is 0 Å². The van der Waals surface area contributed by atoms with Gasteiger partial charge in [0.1, 0.15) is 6.17 Å². The molecular formula is C20H12FI2N3. The van der Waals surface area contributed by atoms with Gasteiger partial charge in [-0.2, -0.15) is 0 Å². The molecular weight excluding hydrogens is 555 g/mol. The second-order valence-electron chi connectivity index (χ2n) is 5.40. The first-order valence-corrected chi connectivity index (χ1v) is 9.78. The highest BCUT2D eigenvalue weighted by atomic mass is 127. The van der Waals surface area contributed by atoms with Crippen molar-refractivity contribution in [2.75, 3.05) is 0 Å². The van der Waals surface area contributed by atoms with Crippen LogP contribution in [-0.4, -0.2) is 16.1 Å². The number of hydrogen-bond donors (Lipinski definition) is 1. The lowest BCUT2D eigenvalue weighted by Gasteiger charge is -2.14. The maximum Gasteiger partial charge on any atom is 0.125 e. The van der Waals surface area contributed by atoms with Crippen LogP contribution >= 0.6 is 45.2 Å². The summed E-state index contributed by atoms with van der Waals surface area (Å²) >= 11 is 4.33. The van der Waals surface area contributed by atoms with Crippen molar-refractivity contribution in [1.82, 2.24) is 9.97 Å². The van der Waals surface area contributed by atoms with Crippen LogP contribution in [0.1, 0.15) is 17.5 Å². The Kier molecular flexibility index (Phi) is 6.28. The highest BCUT2D eigenvalue weighted by Crippen LogP contribution is 2.24. The molecule has 1 aliphatic carbocycles. The predicted molar refractivity (Wildman–Crippen MR) is 116 cm³/mol. The predicted octanol–water partition coefficient (Wildman–Crippen LogP) is 3.97. The third-order valence-corrected chi connectivity index (χ3v) is 5.31. The van der Waals surface area contributed by atoms with Crippen molar-refractivity contribution >= 4 is 45.2 Å². The van der Waals surface area contributed by atoms with E-state index in [4.69, 9.17) is 5.73 Å². The Morgan fingerprint density at radius 3 is 2.12 bits per heavy atom. The van der Waals surface area contributed by atoms with Crippen molar-refractivity contribution in [2.45, 2.75) is 12.6 Å². The van der Waals surface area contributed by atoms with E-state index < -0.39 is 6.17 Å². The molecule has 0 fully saturated rings. The minimum Gasteiger partial charge on any atom is -0.397 e. The first kappa shape index (κ1) is 18.9. The van der Waals surface area contributed by atoms with E-state index in [-0.39, 0.29) is 6.42 Å². The molecule has 0 aliphatic heterocycles. The maximum absolute atomic E-state index is 14.1. The maximum atomic E-state index is 14.1. The van der Waals surface area contributed by atoms with Gasteiger partial charge in [0.15, 0.2) is 0 Å². The number of hydrogen-bond acceptors (Lipinski definition) is 3. The Hall–Kier alpha value is -1.91. The Balaban J connectivity index is 1.94. The summed E-state index contributed by atoms with van der Waals surface area (Å²) in [5.41, 5.74) is 9.35. The van der Waals surface area contributed by atoms with Gasteiger partial charge >= 0.3 is 0 Å². The fourth-order valence-corrected chi connectivity index (χ4v) is 3.21. The molecule has 2 heterocycles. The zero-order valence-corrected chi connectivity index (χ0v) is 17.7. The third kappa shape index (κ3) is 4.63. The Morgan fingerprint density at radius 1 is 0.962 bits per heavy atom. The average molecular weight is 567 g/mol. The van der Waals surface area contributed by atoms with Gasteiger partial charge in [-0.05, 0) is 63.4 Å². The second kappa shape index (κ2) is 8.65. The number of halogens is 3. The van der Waals surface area contributed by atoms with E-state index in [1.807, 2.05) is 12.1 Å². The van der Waals surface area contributed by atoms with Gasteiger partial charge in [-0.25, -0.2) is 4.39 Å². The van der Waals surface area contributed by atoms with Crippen LogP contribution in [0.3, 0.4) is 0 Å². The van der Waals surface area contributed by atoms with Crippen molar-refractivity contribution in [3.8, 4) is 23.7 Å². The molecule has 128 valence electrons. The standard InChI is InChI=1S/C20H12FI2N3/c21-17-9-15(3-1-13-5-7-25-11-18(13)22)20(24)16(10-17)4-2-14-6-8-26-12-19(14)23/h5-9,11-12,17H,10,24H2. The zero-order chi connectivity index (χ0) is 18.5. The highest BCUT2D eigenvalue weighted by Gasteiger charge is 2.18. The third-order valence-electron chi connectivity index (χ3n) is 3.59. The minimum atomic E-state index is -1.15. The molecule has 0 amide bonds. The van der Waals surface area contributed by atoms with Crippen LogP contribution in [0.25, 0.3) is 0 Å². The molecule has 1 atom stereocenters. The molecule has 3 rings (SSSR count). The van der Waals surface area contributed by atoms with E-state index in [1.165, 1.54) is 6.08 Å². The normalized spacial score (nSPS) is 16.1. The van der Waals surface area contributed by atoms with Crippen LogP contribution in [0.15, 0.2) is 59.8 Å². The van der Waals surface area contributed by atoms with Crippen molar-refractivity contribution in [2.24, 2.45) is 5.73 Å². The molecule has 6 heteroatoms. The van der Waals surface area contributed by atoms with Crippen LogP contribution in [0.4, 0.5) is 4.39 Å². The number of rotatable bonds is 0. The fraction of sp³-hybridized carbons (Fsp3) is 0.100. The van der Waals surface area contributed by atoms with Crippen LogP contribution < -0.4 is 5.73 Å². The van der Waals surface area contributed by atoms with Crippen LogP contribution in [0.2, 0.25) is 0 Å². The Labute approximate surface area is 178 Å². The topological polar surface area (TPSA) is 51.8 Å². The minimum absolute atomic E-state index is 0.165. The summed E-state index contributed by atoms with van der Waals surface area (Å²) < 4.78 is 16.0. The molecule has 26 heavy (non-hydrogen) atoms. The molecule has 0 bridgehead atoms. The van der Waals surface area contributed by atoms with Crippen molar-refractivity contribution in [3.05, 3.63) is 78.1 Å². The highest BCUT2D eigenvalue weighted by molar-refractivity contribution is 14.1. The summed E-state index contributed by atoms with van der Waals surface area (Å²) in [7, 11) is 0. The van der Waals surface area contributed by atoms with Crippen LogP contribution in [-0.2, 0) is 0 Å². The molecule has 1 unspecified atom stereocenters. The number of alkyl halides is 1. The summed E-state index contributed by atoms with van der Waals surface area (Å²) in [5.74, 6) is 12.1. The number of pyridine rings is 2. The van der Waals surface area contributed by atoms with Gasteiger partial charge in [-0.3, -0.25) is 9.97 Å². The average Bonchev–Trinajstić information content (AvgIpc) is 2.63. The van der Waals surface area contributed by atoms with E-state index in [9.17, 15) is 4.39 Å². The molecule has 3 nitrogen and oxygen atoms in total. The molecule has 2 N–H and O–H groups in total.